The molecule has 28 heavy (non-hydrogen) atoms. The second-order valence-corrected chi connectivity index (χ2v) is 5.80. The molecule has 1 amide bonds. The van der Waals surface area contributed by atoms with Crippen LogP contribution in [0.2, 0.25) is 0 Å². The fourth-order valence-electron chi connectivity index (χ4n) is 2.55. The molecule has 2 aromatic carbocycles. The van der Waals surface area contributed by atoms with Gasteiger partial charge in [-0.25, -0.2) is 4.39 Å². The first-order valence-electron chi connectivity index (χ1n) is 8.02. The fourth-order valence-corrected chi connectivity index (χ4v) is 2.55. The Balaban J connectivity index is 1.81. The van der Waals surface area contributed by atoms with Crippen LogP contribution in [-0.4, -0.2) is 5.91 Å². The highest BCUT2D eigenvalue weighted by Crippen LogP contribution is 2.32. The standard InChI is InChI=1S/C20H12F4N2O2/c21-15-7-2-1-6-14(15)16(11-25)26-19(27)18-9-8-17(28-18)12-4-3-5-13(10-12)20(22,23)24/h1-10,16H,(H,26,27). The summed E-state index contributed by atoms with van der Waals surface area (Å²) in [5.74, 6) is -1.62. The van der Waals surface area contributed by atoms with Gasteiger partial charge in [0.1, 0.15) is 17.6 Å². The van der Waals surface area contributed by atoms with E-state index in [0.29, 0.717) is 0 Å². The number of alkyl halides is 3. The van der Waals surface area contributed by atoms with Crippen LogP contribution >= 0.6 is 0 Å². The molecule has 0 bridgehead atoms. The average Bonchev–Trinajstić information content (AvgIpc) is 3.16. The molecule has 0 radical (unpaired) electrons. The van der Waals surface area contributed by atoms with Crippen LogP contribution in [0.5, 0.6) is 0 Å². The number of furan rings is 1. The molecule has 1 heterocycles. The van der Waals surface area contributed by atoms with E-state index in [2.05, 4.69) is 5.32 Å². The largest absolute Gasteiger partial charge is 0.451 e. The summed E-state index contributed by atoms with van der Waals surface area (Å²) in [5.41, 5.74) is -0.723. The first-order valence-corrected chi connectivity index (χ1v) is 8.02. The number of hydrogen-bond acceptors (Lipinski definition) is 3. The Morgan fingerprint density at radius 1 is 1.07 bits per heavy atom. The minimum atomic E-state index is -4.51. The fraction of sp³-hybridized carbons (Fsp3) is 0.100. The molecule has 0 aliphatic rings. The van der Waals surface area contributed by atoms with E-state index in [1.807, 2.05) is 0 Å². The first kappa shape index (κ1) is 19.2. The molecule has 0 aliphatic heterocycles. The monoisotopic (exact) mass is 388 g/mol. The van der Waals surface area contributed by atoms with Gasteiger partial charge in [0.25, 0.3) is 5.91 Å². The van der Waals surface area contributed by atoms with Gasteiger partial charge in [-0.2, -0.15) is 18.4 Å². The number of rotatable bonds is 4. The molecule has 1 aromatic heterocycles. The van der Waals surface area contributed by atoms with Crippen LogP contribution in [-0.2, 0) is 6.18 Å². The molecule has 8 heteroatoms. The van der Waals surface area contributed by atoms with E-state index in [-0.39, 0.29) is 22.6 Å². The van der Waals surface area contributed by atoms with Gasteiger partial charge in [-0.1, -0.05) is 30.3 Å². The molecule has 142 valence electrons. The maximum absolute atomic E-state index is 13.8. The molecule has 4 nitrogen and oxygen atoms in total. The van der Waals surface area contributed by atoms with E-state index in [1.165, 1.54) is 42.5 Å². The summed E-state index contributed by atoms with van der Waals surface area (Å²) in [4.78, 5) is 12.3. The minimum Gasteiger partial charge on any atom is -0.451 e. The van der Waals surface area contributed by atoms with E-state index >= 15 is 0 Å². The number of nitrogens with zero attached hydrogens (tertiary/aromatic N) is 1. The molecule has 1 N–H and O–H groups in total. The van der Waals surface area contributed by atoms with E-state index in [0.717, 1.165) is 18.2 Å². The van der Waals surface area contributed by atoms with E-state index in [4.69, 9.17) is 4.42 Å². The number of carbonyl (C=O) groups is 1. The van der Waals surface area contributed by atoms with Crippen LogP contribution in [0.25, 0.3) is 11.3 Å². The predicted octanol–water partition coefficient (Wildman–Crippen LogP) is 5.10. The van der Waals surface area contributed by atoms with Gasteiger partial charge in [-0.3, -0.25) is 4.79 Å². The molecule has 1 atom stereocenters. The third kappa shape index (κ3) is 4.04. The maximum atomic E-state index is 13.8. The third-order valence-electron chi connectivity index (χ3n) is 3.92. The summed E-state index contributed by atoms with van der Waals surface area (Å²) < 4.78 is 57.7. The van der Waals surface area contributed by atoms with Crippen LogP contribution in [0.3, 0.4) is 0 Å². The molecule has 3 aromatic rings. The Morgan fingerprint density at radius 2 is 1.82 bits per heavy atom. The molecule has 3 rings (SSSR count). The highest BCUT2D eigenvalue weighted by Gasteiger charge is 2.30. The lowest BCUT2D eigenvalue weighted by Crippen LogP contribution is -2.27. The number of hydrogen-bond donors (Lipinski definition) is 1. The summed E-state index contributed by atoms with van der Waals surface area (Å²) >= 11 is 0. The quantitative estimate of drug-likeness (QED) is 0.633. The minimum absolute atomic E-state index is 0.0111. The van der Waals surface area contributed by atoms with Gasteiger partial charge in [0.15, 0.2) is 5.76 Å². The SMILES string of the molecule is N#CC(NC(=O)c1ccc(-c2cccc(C(F)(F)F)c2)o1)c1ccccc1F. The van der Waals surface area contributed by atoms with Gasteiger partial charge in [0, 0.05) is 11.1 Å². The Hall–Kier alpha value is -3.60. The number of benzene rings is 2. The summed E-state index contributed by atoms with van der Waals surface area (Å²) in [6.07, 6.45) is -4.51. The maximum Gasteiger partial charge on any atom is 0.416 e. The number of halogens is 4. The summed E-state index contributed by atoms with van der Waals surface area (Å²) in [6.45, 7) is 0. The summed E-state index contributed by atoms with van der Waals surface area (Å²) in [5, 5.41) is 11.5. The zero-order chi connectivity index (χ0) is 20.3. The topological polar surface area (TPSA) is 66.0 Å². The van der Waals surface area contributed by atoms with Gasteiger partial charge in [-0.15, -0.1) is 0 Å². The van der Waals surface area contributed by atoms with Gasteiger partial charge < -0.3 is 9.73 Å². The number of carbonyl (C=O) groups excluding carboxylic acids is 1. The second-order valence-electron chi connectivity index (χ2n) is 5.80. The Kier molecular flexibility index (Phi) is 5.18. The van der Waals surface area contributed by atoms with Crippen LogP contribution in [0.15, 0.2) is 65.1 Å². The number of nitrogens with one attached hydrogen (secondary N) is 1. The number of nitriles is 1. The highest BCUT2D eigenvalue weighted by molar-refractivity contribution is 5.92. The van der Waals surface area contributed by atoms with Crippen LogP contribution < -0.4 is 5.32 Å². The Labute approximate surface area is 157 Å². The van der Waals surface area contributed by atoms with Gasteiger partial charge >= 0.3 is 6.18 Å². The van der Waals surface area contributed by atoms with Gasteiger partial charge in [0.05, 0.1) is 11.6 Å². The average molecular weight is 388 g/mol. The first-order chi connectivity index (χ1) is 13.3. The van der Waals surface area contributed by atoms with Crippen molar-refractivity contribution in [2.24, 2.45) is 0 Å². The summed E-state index contributed by atoms with van der Waals surface area (Å²) in [7, 11) is 0. The smallest absolute Gasteiger partial charge is 0.416 e. The van der Waals surface area contributed by atoms with Gasteiger partial charge in [-0.05, 0) is 30.3 Å². The molecular weight excluding hydrogens is 376 g/mol. The van der Waals surface area contributed by atoms with Crippen molar-refractivity contribution in [2.75, 3.05) is 0 Å². The van der Waals surface area contributed by atoms with Crippen molar-refractivity contribution in [1.29, 1.82) is 5.26 Å². The summed E-state index contributed by atoms with van der Waals surface area (Å²) in [6, 6.07) is 13.1. The molecule has 0 spiro atoms. The molecular formula is C20H12F4N2O2. The Bertz CT molecular complexity index is 1050. The second kappa shape index (κ2) is 7.56. The lowest BCUT2D eigenvalue weighted by atomic mass is 10.1. The van der Waals surface area contributed by atoms with E-state index < -0.39 is 29.5 Å². The van der Waals surface area contributed by atoms with Crippen LogP contribution in [0.1, 0.15) is 27.7 Å². The van der Waals surface area contributed by atoms with Crippen molar-refractivity contribution >= 4 is 5.91 Å². The lowest BCUT2D eigenvalue weighted by Gasteiger charge is -2.11. The third-order valence-corrected chi connectivity index (χ3v) is 3.92. The predicted molar refractivity (Wildman–Crippen MR) is 91.4 cm³/mol. The normalized spacial score (nSPS) is 12.2. The molecule has 0 saturated heterocycles. The van der Waals surface area contributed by atoms with Crippen molar-refractivity contribution in [3.8, 4) is 17.4 Å². The highest BCUT2D eigenvalue weighted by atomic mass is 19.4. The zero-order valence-corrected chi connectivity index (χ0v) is 14.1. The van der Waals surface area contributed by atoms with Crippen molar-refractivity contribution in [3.63, 3.8) is 0 Å². The van der Waals surface area contributed by atoms with Crippen LogP contribution in [0, 0.1) is 17.1 Å². The zero-order valence-electron chi connectivity index (χ0n) is 14.1. The molecule has 0 saturated carbocycles. The van der Waals surface area contributed by atoms with Crippen molar-refractivity contribution < 1.29 is 26.8 Å². The van der Waals surface area contributed by atoms with Crippen LogP contribution in [0.4, 0.5) is 17.6 Å². The van der Waals surface area contributed by atoms with E-state index in [9.17, 15) is 27.6 Å². The molecule has 1 unspecified atom stereocenters. The lowest BCUT2D eigenvalue weighted by molar-refractivity contribution is -0.137. The molecule has 0 fully saturated rings. The van der Waals surface area contributed by atoms with Crippen molar-refractivity contribution in [1.82, 2.24) is 5.32 Å². The van der Waals surface area contributed by atoms with Crippen molar-refractivity contribution in [3.05, 3.63) is 83.4 Å². The van der Waals surface area contributed by atoms with Gasteiger partial charge in [0.2, 0.25) is 0 Å². The van der Waals surface area contributed by atoms with Crippen molar-refractivity contribution in [2.45, 2.75) is 12.2 Å². The van der Waals surface area contributed by atoms with E-state index in [1.54, 1.807) is 6.07 Å². The molecule has 0 aliphatic carbocycles. The number of amides is 1. The Morgan fingerprint density at radius 3 is 2.50 bits per heavy atom.